The number of hydrogen-bond donors (Lipinski definition) is 1. The molecule has 2 aromatic carbocycles. The van der Waals surface area contributed by atoms with Crippen molar-refractivity contribution < 1.29 is 23.4 Å². The molecule has 0 aliphatic heterocycles. The number of carbonyl (C=O) groups is 1. The van der Waals surface area contributed by atoms with Crippen molar-refractivity contribution in [2.45, 2.75) is 4.90 Å². The van der Waals surface area contributed by atoms with Gasteiger partial charge in [-0.05, 0) is 30.5 Å². The molecule has 1 amide bonds. The van der Waals surface area contributed by atoms with Gasteiger partial charge in [-0.2, -0.15) is 0 Å². The van der Waals surface area contributed by atoms with E-state index in [0.717, 1.165) is 4.90 Å². The van der Waals surface area contributed by atoms with E-state index in [-0.39, 0.29) is 17.8 Å². The topological polar surface area (TPSA) is 95.7 Å². The minimum absolute atomic E-state index is 0.00958. The number of thioether (sulfide) groups is 1. The first kappa shape index (κ1) is 19.6. The van der Waals surface area contributed by atoms with Gasteiger partial charge in [0.2, 0.25) is 11.6 Å². The number of benzene rings is 2. The third-order valence-electron chi connectivity index (χ3n) is 3.91. The number of nitrogens with zero attached hydrogens (tertiary/aromatic N) is 2. The van der Waals surface area contributed by atoms with Crippen LogP contribution in [0.1, 0.15) is 10.4 Å². The van der Waals surface area contributed by atoms with Crippen molar-refractivity contribution in [2.24, 2.45) is 0 Å². The predicted octanol–water partition coefficient (Wildman–Crippen LogP) is 3.74. The Bertz CT molecular complexity index is 964. The number of amides is 1. The van der Waals surface area contributed by atoms with E-state index in [1.54, 1.807) is 24.3 Å². The maximum atomic E-state index is 12.5. The van der Waals surface area contributed by atoms with Gasteiger partial charge in [-0.15, -0.1) is 16.9 Å². The number of ether oxygens (including phenoxy) is 3. The Morgan fingerprint density at radius 1 is 1.04 bits per heavy atom. The third-order valence-corrected chi connectivity index (χ3v) is 4.70. The fourth-order valence-electron chi connectivity index (χ4n) is 2.59. The van der Waals surface area contributed by atoms with E-state index < -0.39 is 0 Å². The van der Waals surface area contributed by atoms with Crippen LogP contribution in [0.25, 0.3) is 11.5 Å². The molecule has 8 nitrogen and oxygen atoms in total. The SMILES string of the molecule is COc1cc(-c2nnc(NC(=O)c3ccccc3SC)o2)cc(OC)c1OC. The standard InChI is InChI=1S/C19H19N3O5S/c1-24-13-9-11(10-14(25-2)16(13)26-3)18-21-22-19(27-18)20-17(23)12-7-5-6-8-15(12)28-4/h5-10H,1-4H3,(H,20,22,23). The van der Waals surface area contributed by atoms with E-state index in [0.29, 0.717) is 28.4 Å². The minimum atomic E-state index is -0.329. The van der Waals surface area contributed by atoms with Crippen LogP contribution in [0.5, 0.6) is 17.2 Å². The van der Waals surface area contributed by atoms with Gasteiger partial charge in [-0.25, -0.2) is 0 Å². The number of nitrogens with one attached hydrogen (secondary N) is 1. The molecule has 0 aliphatic carbocycles. The highest BCUT2D eigenvalue weighted by Crippen LogP contribution is 2.41. The van der Waals surface area contributed by atoms with Crippen LogP contribution < -0.4 is 19.5 Å². The summed E-state index contributed by atoms with van der Waals surface area (Å²) in [6.07, 6.45) is 1.90. The lowest BCUT2D eigenvalue weighted by atomic mass is 10.2. The summed E-state index contributed by atoms with van der Waals surface area (Å²) in [5.41, 5.74) is 1.09. The highest BCUT2D eigenvalue weighted by molar-refractivity contribution is 7.98. The quantitative estimate of drug-likeness (QED) is 0.598. The van der Waals surface area contributed by atoms with Crippen molar-refractivity contribution in [2.75, 3.05) is 32.9 Å². The highest BCUT2D eigenvalue weighted by atomic mass is 32.2. The lowest BCUT2D eigenvalue weighted by molar-refractivity contribution is 0.102. The van der Waals surface area contributed by atoms with E-state index in [1.165, 1.54) is 33.1 Å². The highest BCUT2D eigenvalue weighted by Gasteiger charge is 2.19. The minimum Gasteiger partial charge on any atom is -0.493 e. The Hall–Kier alpha value is -3.20. The molecular weight excluding hydrogens is 382 g/mol. The molecule has 0 bridgehead atoms. The number of carbonyl (C=O) groups excluding carboxylic acids is 1. The molecule has 1 heterocycles. The monoisotopic (exact) mass is 401 g/mol. The number of anilines is 1. The summed E-state index contributed by atoms with van der Waals surface area (Å²) in [7, 11) is 4.56. The van der Waals surface area contributed by atoms with E-state index in [9.17, 15) is 4.79 Å². The predicted molar refractivity (Wildman–Crippen MR) is 106 cm³/mol. The molecule has 0 aliphatic rings. The van der Waals surface area contributed by atoms with Gasteiger partial charge in [0.1, 0.15) is 0 Å². The van der Waals surface area contributed by atoms with E-state index in [2.05, 4.69) is 15.5 Å². The summed E-state index contributed by atoms with van der Waals surface area (Å²) < 4.78 is 21.6. The fourth-order valence-corrected chi connectivity index (χ4v) is 3.19. The Balaban J connectivity index is 1.87. The summed E-state index contributed by atoms with van der Waals surface area (Å²) in [4.78, 5) is 13.4. The van der Waals surface area contributed by atoms with Crippen molar-refractivity contribution in [3.8, 4) is 28.7 Å². The van der Waals surface area contributed by atoms with Gasteiger partial charge >= 0.3 is 6.01 Å². The molecular formula is C19H19N3O5S. The number of hydrogen-bond acceptors (Lipinski definition) is 8. The smallest absolute Gasteiger partial charge is 0.322 e. The third kappa shape index (κ3) is 3.89. The lowest BCUT2D eigenvalue weighted by Gasteiger charge is -2.12. The Kier molecular flexibility index (Phi) is 6.05. The molecule has 0 radical (unpaired) electrons. The van der Waals surface area contributed by atoms with Crippen molar-refractivity contribution in [1.82, 2.24) is 10.2 Å². The zero-order valence-corrected chi connectivity index (χ0v) is 16.6. The molecule has 0 fully saturated rings. The summed E-state index contributed by atoms with van der Waals surface area (Å²) in [6.45, 7) is 0. The molecule has 9 heteroatoms. The Morgan fingerprint density at radius 3 is 2.32 bits per heavy atom. The molecule has 0 saturated carbocycles. The van der Waals surface area contributed by atoms with Crippen LogP contribution in [0.4, 0.5) is 6.01 Å². The second kappa shape index (κ2) is 8.66. The van der Waals surface area contributed by atoms with Gasteiger partial charge in [0.15, 0.2) is 11.5 Å². The van der Waals surface area contributed by atoms with Gasteiger partial charge in [-0.3, -0.25) is 10.1 Å². The second-order valence-corrected chi connectivity index (χ2v) is 6.33. The molecule has 0 saturated heterocycles. The van der Waals surface area contributed by atoms with Gasteiger partial charge in [0, 0.05) is 10.5 Å². The van der Waals surface area contributed by atoms with Crippen molar-refractivity contribution in [3.63, 3.8) is 0 Å². The molecule has 28 heavy (non-hydrogen) atoms. The Labute approximate surface area is 166 Å². The zero-order chi connectivity index (χ0) is 20.1. The molecule has 3 aromatic rings. The molecule has 3 rings (SSSR count). The first-order valence-corrected chi connectivity index (χ1v) is 9.42. The first-order valence-electron chi connectivity index (χ1n) is 8.19. The van der Waals surface area contributed by atoms with E-state index in [1.807, 2.05) is 18.4 Å². The molecule has 0 unspecified atom stereocenters. The summed E-state index contributed by atoms with van der Waals surface area (Å²) in [5.74, 6) is 1.23. The maximum absolute atomic E-state index is 12.5. The molecule has 0 spiro atoms. The van der Waals surface area contributed by atoms with Crippen LogP contribution in [0.3, 0.4) is 0 Å². The van der Waals surface area contributed by atoms with Crippen LogP contribution in [0, 0.1) is 0 Å². The fraction of sp³-hybridized carbons (Fsp3) is 0.211. The average Bonchev–Trinajstić information content (AvgIpc) is 3.20. The largest absolute Gasteiger partial charge is 0.493 e. The Morgan fingerprint density at radius 2 is 1.71 bits per heavy atom. The van der Waals surface area contributed by atoms with E-state index in [4.69, 9.17) is 18.6 Å². The summed E-state index contributed by atoms with van der Waals surface area (Å²) >= 11 is 1.48. The van der Waals surface area contributed by atoms with Crippen LogP contribution >= 0.6 is 11.8 Å². The summed E-state index contributed by atoms with van der Waals surface area (Å²) in [5, 5.41) is 10.5. The molecule has 1 N–H and O–H groups in total. The van der Waals surface area contributed by atoms with Crippen molar-refractivity contribution in [3.05, 3.63) is 42.0 Å². The maximum Gasteiger partial charge on any atom is 0.322 e. The van der Waals surface area contributed by atoms with Crippen LogP contribution in [-0.2, 0) is 0 Å². The van der Waals surface area contributed by atoms with Gasteiger partial charge in [-0.1, -0.05) is 17.2 Å². The number of aromatic nitrogens is 2. The number of methoxy groups -OCH3 is 3. The van der Waals surface area contributed by atoms with Crippen LogP contribution in [-0.4, -0.2) is 43.7 Å². The lowest BCUT2D eigenvalue weighted by Crippen LogP contribution is -2.13. The molecule has 0 atom stereocenters. The van der Waals surface area contributed by atoms with Crippen LogP contribution in [0.15, 0.2) is 45.7 Å². The van der Waals surface area contributed by atoms with Crippen molar-refractivity contribution in [1.29, 1.82) is 0 Å². The normalized spacial score (nSPS) is 10.4. The zero-order valence-electron chi connectivity index (χ0n) is 15.8. The summed E-state index contributed by atoms with van der Waals surface area (Å²) in [6, 6.07) is 10.6. The number of rotatable bonds is 7. The first-order chi connectivity index (χ1) is 13.6. The second-order valence-electron chi connectivity index (χ2n) is 5.48. The van der Waals surface area contributed by atoms with Crippen molar-refractivity contribution >= 4 is 23.7 Å². The van der Waals surface area contributed by atoms with Gasteiger partial charge in [0.05, 0.1) is 26.9 Å². The molecule has 146 valence electrons. The van der Waals surface area contributed by atoms with Gasteiger partial charge < -0.3 is 18.6 Å². The van der Waals surface area contributed by atoms with E-state index >= 15 is 0 Å². The average molecular weight is 401 g/mol. The van der Waals surface area contributed by atoms with Gasteiger partial charge in [0.25, 0.3) is 5.91 Å². The van der Waals surface area contributed by atoms with Crippen LogP contribution in [0.2, 0.25) is 0 Å². The molecule has 1 aromatic heterocycles.